The summed E-state index contributed by atoms with van der Waals surface area (Å²) in [6, 6.07) is 14.0. The molecule has 4 aromatic rings. The van der Waals surface area contributed by atoms with E-state index in [1.54, 1.807) is 12.1 Å². The van der Waals surface area contributed by atoms with Crippen molar-refractivity contribution < 1.29 is 39.9 Å². The molecule has 7 nitrogen and oxygen atoms in total. The number of phenols is 1. The quantitative estimate of drug-likeness (QED) is 0.334. The highest BCUT2D eigenvalue weighted by atomic mass is 32.2. The van der Waals surface area contributed by atoms with E-state index in [4.69, 9.17) is 4.42 Å². The number of anilines is 1. The van der Waals surface area contributed by atoms with Crippen molar-refractivity contribution in [2.75, 3.05) is 30.8 Å². The van der Waals surface area contributed by atoms with Gasteiger partial charge < -0.3 is 14.4 Å². The molecule has 0 bridgehead atoms. The number of benzene rings is 3. The second-order valence-electron chi connectivity index (χ2n) is 9.28. The molecule has 1 fully saturated rings. The molecule has 3 aromatic carbocycles. The van der Waals surface area contributed by atoms with Crippen LogP contribution < -0.4 is 4.90 Å². The van der Waals surface area contributed by atoms with Crippen molar-refractivity contribution in [3.05, 3.63) is 77.4 Å². The molecular weight excluding hydrogens is 545 g/mol. The Kier molecular flexibility index (Phi) is 6.75. The van der Waals surface area contributed by atoms with E-state index < -0.39 is 50.6 Å². The standard InChI is InChI=1S/C26H22F5N3O4S/c1-39(36,37)34-10-9-33(14-17(34)11-15-5-3-2-4-6-15)16-7-8-21-20(12-16)32-25(38-21)18-13-19(26(29,30)31)23(28)24(35)22(18)27/h2-8,12-13,17,35H,9-11,14H2,1H3/t17-/m0/s1. The molecule has 0 unspecified atom stereocenters. The lowest BCUT2D eigenvalue weighted by Crippen LogP contribution is -2.55. The molecule has 206 valence electrons. The number of aromatic hydroxyl groups is 1. The molecule has 0 saturated carbocycles. The molecule has 0 radical (unpaired) electrons. The average molecular weight is 568 g/mol. The topological polar surface area (TPSA) is 86.9 Å². The van der Waals surface area contributed by atoms with Crippen LogP contribution in [0.5, 0.6) is 5.75 Å². The van der Waals surface area contributed by atoms with Gasteiger partial charge in [-0.05, 0) is 36.2 Å². The number of aromatic nitrogens is 1. The fourth-order valence-electron chi connectivity index (χ4n) is 4.77. The zero-order valence-corrected chi connectivity index (χ0v) is 21.2. The Bertz CT molecular complexity index is 1640. The summed E-state index contributed by atoms with van der Waals surface area (Å²) in [5, 5.41) is 9.62. The molecular formula is C26H22F5N3O4S. The van der Waals surface area contributed by atoms with Crippen LogP contribution in [0.4, 0.5) is 27.6 Å². The van der Waals surface area contributed by atoms with Gasteiger partial charge in [-0.1, -0.05) is 30.3 Å². The number of sulfonamides is 1. The van der Waals surface area contributed by atoms with Gasteiger partial charge in [-0.2, -0.15) is 17.5 Å². The summed E-state index contributed by atoms with van der Waals surface area (Å²) < 4.78 is 99.9. The number of hydrogen-bond donors (Lipinski definition) is 1. The number of rotatable bonds is 5. The van der Waals surface area contributed by atoms with Gasteiger partial charge in [0.25, 0.3) is 0 Å². The first kappa shape index (κ1) is 26.9. The lowest BCUT2D eigenvalue weighted by Gasteiger charge is -2.41. The third-order valence-electron chi connectivity index (χ3n) is 6.62. The molecule has 1 atom stereocenters. The minimum atomic E-state index is -5.19. The molecule has 1 aromatic heterocycles. The van der Waals surface area contributed by atoms with Gasteiger partial charge in [0, 0.05) is 31.4 Å². The van der Waals surface area contributed by atoms with Crippen LogP contribution in [0.3, 0.4) is 0 Å². The minimum absolute atomic E-state index is 0.126. The number of hydrogen-bond acceptors (Lipinski definition) is 6. The lowest BCUT2D eigenvalue weighted by molar-refractivity contribution is -0.140. The molecule has 1 aliphatic heterocycles. The van der Waals surface area contributed by atoms with Gasteiger partial charge in [0.1, 0.15) is 5.52 Å². The highest BCUT2D eigenvalue weighted by molar-refractivity contribution is 7.88. The van der Waals surface area contributed by atoms with E-state index in [0.717, 1.165) is 5.56 Å². The molecule has 39 heavy (non-hydrogen) atoms. The second kappa shape index (κ2) is 9.79. The summed E-state index contributed by atoms with van der Waals surface area (Å²) in [5.74, 6) is -6.10. The number of alkyl halides is 3. The number of nitrogens with zero attached hydrogens (tertiary/aromatic N) is 3. The van der Waals surface area contributed by atoms with Crippen LogP contribution in [-0.2, 0) is 22.6 Å². The normalized spacial score (nSPS) is 17.2. The Morgan fingerprint density at radius 1 is 1.05 bits per heavy atom. The van der Waals surface area contributed by atoms with Gasteiger partial charge in [-0.3, -0.25) is 0 Å². The zero-order chi connectivity index (χ0) is 28.1. The first-order valence-corrected chi connectivity index (χ1v) is 13.6. The van der Waals surface area contributed by atoms with E-state index >= 15 is 0 Å². The Hall–Kier alpha value is -3.71. The Labute approximate surface area is 220 Å². The fourth-order valence-corrected chi connectivity index (χ4v) is 5.87. The molecule has 1 saturated heterocycles. The van der Waals surface area contributed by atoms with Gasteiger partial charge in [0.05, 0.1) is 17.4 Å². The first-order valence-electron chi connectivity index (χ1n) is 11.8. The zero-order valence-electron chi connectivity index (χ0n) is 20.4. The highest BCUT2D eigenvalue weighted by Gasteiger charge is 2.38. The summed E-state index contributed by atoms with van der Waals surface area (Å²) in [6.45, 7) is 0.955. The number of oxazole rings is 1. The third-order valence-corrected chi connectivity index (χ3v) is 7.95. The summed E-state index contributed by atoms with van der Waals surface area (Å²) in [7, 11) is -3.47. The largest absolute Gasteiger partial charge is 0.503 e. The van der Waals surface area contributed by atoms with E-state index in [1.807, 2.05) is 35.2 Å². The summed E-state index contributed by atoms with van der Waals surface area (Å²) in [5.41, 5.74) is -0.772. The highest BCUT2D eigenvalue weighted by Crippen LogP contribution is 2.41. The van der Waals surface area contributed by atoms with Crippen molar-refractivity contribution in [1.29, 1.82) is 0 Å². The van der Waals surface area contributed by atoms with Gasteiger partial charge in [0.2, 0.25) is 15.9 Å². The molecule has 1 aliphatic rings. The van der Waals surface area contributed by atoms with Crippen LogP contribution in [0, 0.1) is 11.6 Å². The van der Waals surface area contributed by atoms with Gasteiger partial charge >= 0.3 is 6.18 Å². The van der Waals surface area contributed by atoms with E-state index in [0.29, 0.717) is 25.2 Å². The van der Waals surface area contributed by atoms with Crippen LogP contribution in [0.25, 0.3) is 22.6 Å². The number of phenolic OH excluding ortho intramolecular Hbond substituents is 1. The number of piperazine rings is 1. The van der Waals surface area contributed by atoms with E-state index in [1.165, 1.54) is 16.6 Å². The Morgan fingerprint density at radius 3 is 2.44 bits per heavy atom. The van der Waals surface area contributed by atoms with Crippen LogP contribution in [0.15, 0.2) is 59.0 Å². The number of halogens is 5. The van der Waals surface area contributed by atoms with E-state index in [-0.39, 0.29) is 29.8 Å². The van der Waals surface area contributed by atoms with Gasteiger partial charge in [0.15, 0.2) is 23.0 Å². The lowest BCUT2D eigenvalue weighted by atomic mass is 10.0. The van der Waals surface area contributed by atoms with Crippen LogP contribution in [-0.4, -0.2) is 54.7 Å². The molecule has 1 N–H and O–H groups in total. The Morgan fingerprint density at radius 2 is 1.77 bits per heavy atom. The first-order chi connectivity index (χ1) is 18.3. The predicted molar refractivity (Wildman–Crippen MR) is 134 cm³/mol. The van der Waals surface area contributed by atoms with Gasteiger partial charge in [-0.25, -0.2) is 22.2 Å². The maximum Gasteiger partial charge on any atom is 0.419 e. The molecule has 13 heteroatoms. The number of fused-ring (bicyclic) bond motifs is 1. The monoisotopic (exact) mass is 567 g/mol. The molecule has 0 spiro atoms. The van der Waals surface area contributed by atoms with Crippen molar-refractivity contribution in [1.82, 2.24) is 9.29 Å². The van der Waals surface area contributed by atoms with Gasteiger partial charge in [-0.15, -0.1) is 0 Å². The van der Waals surface area contributed by atoms with Crippen LogP contribution in [0.2, 0.25) is 0 Å². The van der Waals surface area contributed by atoms with E-state index in [9.17, 15) is 35.5 Å². The molecule has 0 amide bonds. The van der Waals surface area contributed by atoms with Crippen molar-refractivity contribution in [2.24, 2.45) is 0 Å². The van der Waals surface area contributed by atoms with Crippen molar-refractivity contribution >= 4 is 26.8 Å². The Balaban J connectivity index is 1.47. The molecule has 2 heterocycles. The van der Waals surface area contributed by atoms with Crippen molar-refractivity contribution in [3.8, 4) is 17.2 Å². The average Bonchev–Trinajstić information content (AvgIpc) is 3.29. The van der Waals surface area contributed by atoms with Crippen molar-refractivity contribution in [2.45, 2.75) is 18.6 Å². The van der Waals surface area contributed by atoms with Crippen LogP contribution >= 0.6 is 0 Å². The predicted octanol–water partition coefficient (Wildman–Crippen LogP) is 5.19. The second-order valence-corrected chi connectivity index (χ2v) is 11.2. The molecule has 5 rings (SSSR count). The minimum Gasteiger partial charge on any atom is -0.503 e. The maximum absolute atomic E-state index is 14.6. The van der Waals surface area contributed by atoms with Crippen LogP contribution in [0.1, 0.15) is 11.1 Å². The van der Waals surface area contributed by atoms with Crippen molar-refractivity contribution in [3.63, 3.8) is 0 Å². The van der Waals surface area contributed by atoms with E-state index in [2.05, 4.69) is 4.98 Å². The third kappa shape index (κ3) is 5.28. The SMILES string of the molecule is CS(=O)(=O)N1CCN(c2ccc3oc(-c4cc(C(F)(F)F)c(F)c(O)c4F)nc3c2)C[C@@H]1Cc1ccccc1. The maximum atomic E-state index is 14.6. The summed E-state index contributed by atoms with van der Waals surface area (Å²) in [4.78, 5) is 6.05. The smallest absolute Gasteiger partial charge is 0.419 e. The molecule has 0 aliphatic carbocycles. The fraction of sp³-hybridized carbons (Fsp3) is 0.269. The summed E-state index contributed by atoms with van der Waals surface area (Å²) in [6.07, 6.45) is -3.54. The summed E-state index contributed by atoms with van der Waals surface area (Å²) >= 11 is 0.